The first kappa shape index (κ1) is 31.1. The third-order valence-corrected chi connectivity index (χ3v) is 8.94. The molecule has 3 N–H and O–H groups in total. The standard InChI is InChI=1S/C30H44N6O4S/c1-20-26(41-19-32-20)22-8-6-21(7-9-22)17-31-28(39)24-16-23(37)18-36(24)29(40)27(30(2,3)4)33-25(38)10-11-35-14-12-34(5)13-15-35/h6-9,19,23-24,27,37H,10-18H2,1-5H3,(H,31,39)(H,33,38)/t23-,24-,27+/m0/s1. The minimum Gasteiger partial charge on any atom is -0.391 e. The lowest BCUT2D eigenvalue weighted by Gasteiger charge is -2.36. The van der Waals surface area contributed by atoms with Gasteiger partial charge in [-0.3, -0.25) is 14.4 Å². The smallest absolute Gasteiger partial charge is 0.246 e. The van der Waals surface area contributed by atoms with Crippen molar-refractivity contribution in [1.29, 1.82) is 0 Å². The fraction of sp³-hybridized carbons (Fsp3) is 0.600. The lowest BCUT2D eigenvalue weighted by molar-refractivity contribution is -0.144. The van der Waals surface area contributed by atoms with Gasteiger partial charge in [0.1, 0.15) is 12.1 Å². The number of hydrogen-bond acceptors (Lipinski definition) is 8. The Balaban J connectivity index is 1.35. The maximum absolute atomic E-state index is 13.8. The Bertz CT molecular complexity index is 1200. The molecule has 3 atom stereocenters. The zero-order chi connectivity index (χ0) is 29.7. The summed E-state index contributed by atoms with van der Waals surface area (Å²) in [5.41, 5.74) is 4.25. The van der Waals surface area contributed by atoms with Crippen LogP contribution in [0, 0.1) is 12.3 Å². The predicted octanol–water partition coefficient (Wildman–Crippen LogP) is 1.86. The molecule has 0 spiro atoms. The van der Waals surface area contributed by atoms with Crippen LogP contribution in [0.1, 0.15) is 44.9 Å². The van der Waals surface area contributed by atoms with Crippen molar-refractivity contribution < 1.29 is 19.5 Å². The molecule has 11 heteroatoms. The molecule has 3 amide bonds. The SMILES string of the molecule is Cc1ncsc1-c1ccc(CNC(=O)[C@@H]2C[C@H](O)CN2C(=O)[C@@H](NC(=O)CCN2CCN(C)CC2)C(C)(C)C)cc1. The van der Waals surface area contributed by atoms with Crippen LogP contribution in [0.5, 0.6) is 0 Å². The highest BCUT2D eigenvalue weighted by Crippen LogP contribution is 2.28. The first-order valence-corrected chi connectivity index (χ1v) is 15.3. The first-order chi connectivity index (χ1) is 19.4. The highest BCUT2D eigenvalue weighted by Gasteiger charge is 2.44. The van der Waals surface area contributed by atoms with E-state index < -0.39 is 23.6 Å². The van der Waals surface area contributed by atoms with Crippen LogP contribution in [0.15, 0.2) is 29.8 Å². The van der Waals surface area contributed by atoms with Gasteiger partial charge in [0.25, 0.3) is 0 Å². The number of aliphatic hydroxyl groups is 1. The van der Waals surface area contributed by atoms with Gasteiger partial charge in [-0.15, -0.1) is 11.3 Å². The summed E-state index contributed by atoms with van der Waals surface area (Å²) in [7, 11) is 2.09. The zero-order valence-corrected chi connectivity index (χ0v) is 25.7. The number of carbonyl (C=O) groups is 3. The summed E-state index contributed by atoms with van der Waals surface area (Å²) in [4.78, 5) is 51.4. The number of hydrogen-bond donors (Lipinski definition) is 3. The molecule has 2 aliphatic heterocycles. The fourth-order valence-corrected chi connectivity index (χ4v) is 6.16. The van der Waals surface area contributed by atoms with Crippen molar-refractivity contribution in [3.05, 3.63) is 41.0 Å². The number of benzene rings is 1. The van der Waals surface area contributed by atoms with E-state index in [0.717, 1.165) is 47.9 Å². The number of nitrogens with zero attached hydrogens (tertiary/aromatic N) is 4. The van der Waals surface area contributed by atoms with E-state index in [9.17, 15) is 19.5 Å². The van der Waals surface area contributed by atoms with E-state index in [0.29, 0.717) is 19.5 Å². The Labute approximate surface area is 247 Å². The molecule has 0 bridgehead atoms. The number of aliphatic hydroxyl groups excluding tert-OH is 1. The highest BCUT2D eigenvalue weighted by molar-refractivity contribution is 7.13. The number of likely N-dealkylation sites (N-methyl/N-ethyl adjacent to an activating group) is 1. The molecule has 3 heterocycles. The van der Waals surface area contributed by atoms with Crippen molar-refractivity contribution in [2.24, 2.45) is 5.41 Å². The number of amides is 3. The molecule has 0 aliphatic carbocycles. The van der Waals surface area contributed by atoms with Gasteiger partial charge in [0, 0.05) is 58.7 Å². The van der Waals surface area contributed by atoms with Crippen LogP contribution in [0.4, 0.5) is 0 Å². The van der Waals surface area contributed by atoms with Gasteiger partial charge in [-0.25, -0.2) is 4.98 Å². The fourth-order valence-electron chi connectivity index (χ4n) is 5.34. The number of β-amino-alcohol motifs (C(OH)–C–C–N with tert-alkyl or cyclic N) is 1. The zero-order valence-electron chi connectivity index (χ0n) is 24.9. The summed E-state index contributed by atoms with van der Waals surface area (Å²) >= 11 is 1.59. The number of aromatic nitrogens is 1. The summed E-state index contributed by atoms with van der Waals surface area (Å²) in [5, 5.41) is 16.3. The molecule has 4 rings (SSSR count). The molecule has 10 nitrogen and oxygen atoms in total. The quantitative estimate of drug-likeness (QED) is 0.412. The minimum atomic E-state index is -0.814. The Morgan fingerprint density at radius 2 is 1.80 bits per heavy atom. The maximum atomic E-state index is 13.8. The van der Waals surface area contributed by atoms with Crippen LogP contribution >= 0.6 is 11.3 Å². The van der Waals surface area contributed by atoms with Crippen LogP contribution in [0.2, 0.25) is 0 Å². The number of piperazine rings is 1. The van der Waals surface area contributed by atoms with Crippen molar-refractivity contribution in [3.63, 3.8) is 0 Å². The van der Waals surface area contributed by atoms with E-state index in [2.05, 4.69) is 32.5 Å². The van der Waals surface area contributed by atoms with E-state index >= 15 is 0 Å². The second-order valence-electron chi connectivity index (χ2n) is 12.3. The summed E-state index contributed by atoms with van der Waals surface area (Å²) in [6.45, 7) is 12.5. The minimum absolute atomic E-state index is 0.0591. The summed E-state index contributed by atoms with van der Waals surface area (Å²) in [6.07, 6.45) is -0.336. The molecule has 2 saturated heterocycles. The van der Waals surface area contributed by atoms with Gasteiger partial charge in [-0.2, -0.15) is 0 Å². The van der Waals surface area contributed by atoms with E-state index in [-0.39, 0.29) is 30.7 Å². The lowest BCUT2D eigenvalue weighted by atomic mass is 9.85. The molecule has 2 aliphatic rings. The van der Waals surface area contributed by atoms with E-state index in [1.165, 1.54) is 4.90 Å². The predicted molar refractivity (Wildman–Crippen MR) is 160 cm³/mol. The molecule has 2 aromatic rings. The first-order valence-electron chi connectivity index (χ1n) is 14.4. The van der Waals surface area contributed by atoms with Crippen molar-refractivity contribution >= 4 is 29.1 Å². The molecule has 1 aromatic heterocycles. The number of likely N-dealkylation sites (tertiary alicyclic amines) is 1. The average molecular weight is 585 g/mol. The van der Waals surface area contributed by atoms with Gasteiger partial charge < -0.3 is 30.4 Å². The largest absolute Gasteiger partial charge is 0.391 e. The normalized spacial score (nSPS) is 21.1. The molecular formula is C30H44N6O4S. The van der Waals surface area contributed by atoms with Crippen LogP contribution in [0.25, 0.3) is 10.4 Å². The van der Waals surface area contributed by atoms with Crippen molar-refractivity contribution in [3.8, 4) is 10.4 Å². The molecule has 2 fully saturated rings. The molecule has 0 radical (unpaired) electrons. The maximum Gasteiger partial charge on any atom is 0.246 e. The third-order valence-electron chi connectivity index (χ3n) is 7.96. The van der Waals surface area contributed by atoms with E-state index in [4.69, 9.17) is 0 Å². The lowest BCUT2D eigenvalue weighted by Crippen LogP contribution is -2.58. The number of aryl methyl sites for hydroxylation is 1. The van der Waals surface area contributed by atoms with Crippen LogP contribution in [0.3, 0.4) is 0 Å². The number of rotatable bonds is 9. The van der Waals surface area contributed by atoms with Crippen LogP contribution in [-0.2, 0) is 20.9 Å². The molecule has 0 saturated carbocycles. The molecule has 0 unspecified atom stereocenters. The number of carbonyl (C=O) groups excluding carboxylic acids is 3. The van der Waals surface area contributed by atoms with Gasteiger partial charge in [0.05, 0.1) is 22.2 Å². The van der Waals surface area contributed by atoms with Crippen LogP contribution in [-0.4, -0.2) is 107 Å². The summed E-state index contributed by atoms with van der Waals surface area (Å²) in [6, 6.07) is 6.34. The van der Waals surface area contributed by atoms with Crippen molar-refractivity contribution in [2.45, 2.75) is 65.3 Å². The molecular weight excluding hydrogens is 540 g/mol. The average Bonchev–Trinajstić information content (AvgIpc) is 3.54. The topological polar surface area (TPSA) is 118 Å². The third kappa shape index (κ3) is 8.12. The number of thiazole rings is 1. The molecule has 1 aromatic carbocycles. The second-order valence-corrected chi connectivity index (χ2v) is 13.2. The molecule has 41 heavy (non-hydrogen) atoms. The van der Waals surface area contributed by atoms with Crippen LogP contribution < -0.4 is 10.6 Å². The Kier molecular flexibility index (Phi) is 10.2. The van der Waals surface area contributed by atoms with E-state index in [1.807, 2.05) is 57.5 Å². The number of nitrogens with one attached hydrogen (secondary N) is 2. The van der Waals surface area contributed by atoms with Gasteiger partial charge in [-0.1, -0.05) is 45.0 Å². The van der Waals surface area contributed by atoms with Gasteiger partial charge >= 0.3 is 0 Å². The van der Waals surface area contributed by atoms with Gasteiger partial charge in [0.15, 0.2) is 0 Å². The Hall–Kier alpha value is -2.86. The monoisotopic (exact) mass is 584 g/mol. The van der Waals surface area contributed by atoms with Gasteiger partial charge in [0.2, 0.25) is 17.7 Å². The Morgan fingerprint density at radius 1 is 1.12 bits per heavy atom. The highest BCUT2D eigenvalue weighted by atomic mass is 32.1. The van der Waals surface area contributed by atoms with E-state index in [1.54, 1.807) is 11.3 Å². The summed E-state index contributed by atoms with van der Waals surface area (Å²) < 4.78 is 0. The van der Waals surface area contributed by atoms with Crippen molar-refractivity contribution in [1.82, 2.24) is 30.3 Å². The van der Waals surface area contributed by atoms with Gasteiger partial charge in [-0.05, 0) is 30.5 Å². The Morgan fingerprint density at radius 3 is 2.41 bits per heavy atom. The van der Waals surface area contributed by atoms with Crippen molar-refractivity contribution in [2.75, 3.05) is 46.3 Å². The summed E-state index contributed by atoms with van der Waals surface area (Å²) in [5.74, 6) is -0.840. The molecule has 224 valence electrons. The second kappa shape index (κ2) is 13.4.